The highest BCUT2D eigenvalue weighted by Gasteiger charge is 2.28. The minimum Gasteiger partial charge on any atom is -0.449 e. The molecule has 0 bridgehead atoms. The Bertz CT molecular complexity index is 1060. The van der Waals surface area contributed by atoms with E-state index in [-0.39, 0.29) is 17.2 Å². The molecular weight excluding hydrogens is 419 g/mol. The summed E-state index contributed by atoms with van der Waals surface area (Å²) in [6, 6.07) is 11.4. The van der Waals surface area contributed by atoms with Crippen LogP contribution in [0.5, 0.6) is 0 Å². The lowest BCUT2D eigenvalue weighted by Crippen LogP contribution is -2.32. The van der Waals surface area contributed by atoms with Crippen molar-refractivity contribution >= 4 is 33.2 Å². The Kier molecular flexibility index (Phi) is 4.27. The lowest BCUT2D eigenvalue weighted by Gasteiger charge is -2.23. The molecule has 6 nitrogen and oxygen atoms in total. The van der Waals surface area contributed by atoms with Crippen molar-refractivity contribution in [3.8, 4) is 11.3 Å². The van der Waals surface area contributed by atoms with E-state index < -0.39 is 10.7 Å². The normalized spacial score (nSPS) is 12.9. The Morgan fingerprint density at radius 2 is 1.93 bits per heavy atom. The first-order valence-electron chi connectivity index (χ1n) is 8.08. The van der Waals surface area contributed by atoms with E-state index in [1.807, 2.05) is 6.07 Å². The standard InChI is InChI=1S/C19H12BrFN2O4/c20-17-9-12-7-8-22(16-10-13(21)3-6-15(16)18(12)27-17)19(24)11-1-4-14(5-2-11)23(25)26/h1-6,9-10H,7-8H2. The first kappa shape index (κ1) is 17.4. The van der Waals surface area contributed by atoms with E-state index in [0.29, 0.717) is 34.6 Å². The van der Waals surface area contributed by atoms with Crippen LogP contribution in [0.15, 0.2) is 57.6 Å². The molecule has 0 aliphatic carbocycles. The van der Waals surface area contributed by atoms with Crippen molar-refractivity contribution in [3.63, 3.8) is 0 Å². The number of rotatable bonds is 2. The summed E-state index contributed by atoms with van der Waals surface area (Å²) in [7, 11) is 0. The summed E-state index contributed by atoms with van der Waals surface area (Å²) in [5.41, 5.74) is 2.12. The topological polar surface area (TPSA) is 76.6 Å². The number of halogens is 2. The van der Waals surface area contributed by atoms with E-state index in [4.69, 9.17) is 4.42 Å². The van der Waals surface area contributed by atoms with Crippen molar-refractivity contribution < 1.29 is 18.5 Å². The van der Waals surface area contributed by atoms with E-state index in [1.54, 1.807) is 6.07 Å². The van der Waals surface area contributed by atoms with Crippen molar-refractivity contribution in [2.75, 3.05) is 11.4 Å². The average Bonchev–Trinajstić information content (AvgIpc) is 2.95. The molecule has 136 valence electrons. The molecule has 1 aromatic heterocycles. The number of hydrogen-bond acceptors (Lipinski definition) is 4. The molecule has 2 heterocycles. The zero-order valence-corrected chi connectivity index (χ0v) is 15.4. The van der Waals surface area contributed by atoms with E-state index in [9.17, 15) is 19.3 Å². The minimum atomic E-state index is -0.527. The van der Waals surface area contributed by atoms with Crippen LogP contribution in [0.3, 0.4) is 0 Å². The van der Waals surface area contributed by atoms with Gasteiger partial charge in [-0.25, -0.2) is 4.39 Å². The van der Waals surface area contributed by atoms with Crippen molar-refractivity contribution in [2.24, 2.45) is 0 Å². The monoisotopic (exact) mass is 430 g/mol. The number of carbonyl (C=O) groups is 1. The molecule has 0 radical (unpaired) electrons. The molecule has 0 N–H and O–H groups in total. The molecule has 0 saturated heterocycles. The Labute approximate surface area is 161 Å². The van der Waals surface area contributed by atoms with Gasteiger partial charge in [0.2, 0.25) is 0 Å². The van der Waals surface area contributed by atoms with Crippen LogP contribution in [-0.4, -0.2) is 17.4 Å². The Morgan fingerprint density at radius 1 is 1.19 bits per heavy atom. The zero-order valence-electron chi connectivity index (χ0n) is 13.8. The van der Waals surface area contributed by atoms with Gasteiger partial charge in [-0.1, -0.05) is 0 Å². The summed E-state index contributed by atoms with van der Waals surface area (Å²) in [5.74, 6) is -0.235. The summed E-state index contributed by atoms with van der Waals surface area (Å²) < 4.78 is 20.2. The van der Waals surface area contributed by atoms with Crippen LogP contribution in [0, 0.1) is 15.9 Å². The minimum absolute atomic E-state index is 0.0992. The summed E-state index contributed by atoms with van der Waals surface area (Å²) in [4.78, 5) is 24.8. The number of hydrogen-bond donors (Lipinski definition) is 0. The quantitative estimate of drug-likeness (QED) is 0.425. The molecule has 4 rings (SSSR count). The van der Waals surface area contributed by atoms with Crippen molar-refractivity contribution in [1.82, 2.24) is 0 Å². The van der Waals surface area contributed by atoms with Crippen LogP contribution in [0.25, 0.3) is 11.3 Å². The van der Waals surface area contributed by atoms with E-state index in [2.05, 4.69) is 15.9 Å². The van der Waals surface area contributed by atoms with Gasteiger partial charge in [-0.3, -0.25) is 14.9 Å². The Hall–Kier alpha value is -3.00. The second kappa shape index (κ2) is 6.62. The number of fused-ring (bicyclic) bond motifs is 3. The predicted octanol–water partition coefficient (Wildman–Crippen LogP) is 4.96. The first-order valence-corrected chi connectivity index (χ1v) is 8.88. The third-order valence-corrected chi connectivity index (χ3v) is 4.84. The Morgan fingerprint density at radius 3 is 2.63 bits per heavy atom. The zero-order chi connectivity index (χ0) is 19.1. The molecule has 1 amide bonds. The summed E-state index contributed by atoms with van der Waals surface area (Å²) in [5, 5.41) is 10.8. The second-order valence-electron chi connectivity index (χ2n) is 6.08. The molecular formula is C19H12BrFN2O4. The smallest absolute Gasteiger partial charge is 0.269 e. The molecule has 1 aliphatic rings. The summed E-state index contributed by atoms with van der Waals surface area (Å²) in [6.07, 6.45) is 0.527. The van der Waals surface area contributed by atoms with Gasteiger partial charge >= 0.3 is 0 Å². The lowest BCUT2D eigenvalue weighted by atomic mass is 10.1. The van der Waals surface area contributed by atoms with Crippen LogP contribution < -0.4 is 4.90 Å². The maximum absolute atomic E-state index is 13.9. The first-order chi connectivity index (χ1) is 12.9. The van der Waals surface area contributed by atoms with Gasteiger partial charge in [-0.15, -0.1) is 0 Å². The van der Waals surface area contributed by atoms with Crippen molar-refractivity contribution in [2.45, 2.75) is 6.42 Å². The highest BCUT2D eigenvalue weighted by atomic mass is 79.9. The summed E-state index contributed by atoms with van der Waals surface area (Å²) in [6.45, 7) is 0.325. The molecule has 8 heteroatoms. The molecule has 1 aliphatic heterocycles. The maximum Gasteiger partial charge on any atom is 0.269 e. The van der Waals surface area contributed by atoms with Gasteiger partial charge in [-0.05, 0) is 58.7 Å². The van der Waals surface area contributed by atoms with Gasteiger partial charge in [0, 0.05) is 35.4 Å². The van der Waals surface area contributed by atoms with Gasteiger partial charge in [0.1, 0.15) is 11.6 Å². The fourth-order valence-corrected chi connectivity index (χ4v) is 3.61. The molecule has 0 spiro atoms. The van der Waals surface area contributed by atoms with Crippen molar-refractivity contribution in [3.05, 3.63) is 80.3 Å². The van der Waals surface area contributed by atoms with Crippen LogP contribution >= 0.6 is 15.9 Å². The number of nitrogens with zero attached hydrogens (tertiary/aromatic N) is 2. The van der Waals surface area contributed by atoms with Gasteiger partial charge in [0.15, 0.2) is 4.67 Å². The van der Waals surface area contributed by atoms with Gasteiger partial charge in [0.25, 0.3) is 11.6 Å². The third kappa shape index (κ3) is 3.12. The SMILES string of the molecule is O=C(c1ccc([N+](=O)[O-])cc1)N1CCc2cc(Br)oc2-c2ccc(F)cc21. The number of amides is 1. The fraction of sp³-hybridized carbons (Fsp3) is 0.105. The molecule has 0 fully saturated rings. The fourth-order valence-electron chi connectivity index (χ4n) is 3.17. The highest BCUT2D eigenvalue weighted by molar-refractivity contribution is 9.10. The predicted molar refractivity (Wildman–Crippen MR) is 100 cm³/mol. The van der Waals surface area contributed by atoms with E-state index in [1.165, 1.54) is 41.3 Å². The number of anilines is 1. The average molecular weight is 431 g/mol. The van der Waals surface area contributed by atoms with Crippen molar-refractivity contribution in [1.29, 1.82) is 0 Å². The number of benzene rings is 2. The molecule has 0 unspecified atom stereocenters. The number of non-ortho nitro benzene ring substituents is 1. The number of furan rings is 1. The third-order valence-electron chi connectivity index (χ3n) is 4.45. The van der Waals surface area contributed by atoms with Crippen LogP contribution in [0.1, 0.15) is 15.9 Å². The number of nitro benzene ring substituents is 1. The number of nitro groups is 1. The second-order valence-corrected chi connectivity index (χ2v) is 6.86. The number of carbonyl (C=O) groups excluding carboxylic acids is 1. The molecule has 27 heavy (non-hydrogen) atoms. The molecule has 2 aromatic carbocycles. The van der Waals surface area contributed by atoms with E-state index >= 15 is 0 Å². The van der Waals surface area contributed by atoms with Crippen LogP contribution in [-0.2, 0) is 6.42 Å². The van der Waals surface area contributed by atoms with Crippen LogP contribution in [0.4, 0.5) is 15.8 Å². The van der Waals surface area contributed by atoms with E-state index in [0.717, 1.165) is 5.56 Å². The van der Waals surface area contributed by atoms with Crippen LogP contribution in [0.2, 0.25) is 0 Å². The molecule has 3 aromatic rings. The summed E-state index contributed by atoms with van der Waals surface area (Å²) >= 11 is 3.31. The highest BCUT2D eigenvalue weighted by Crippen LogP contribution is 2.40. The molecule has 0 atom stereocenters. The van der Waals surface area contributed by atoms with Gasteiger partial charge in [-0.2, -0.15) is 0 Å². The maximum atomic E-state index is 13.9. The lowest BCUT2D eigenvalue weighted by molar-refractivity contribution is -0.384. The molecule has 0 saturated carbocycles. The van der Waals surface area contributed by atoms with Gasteiger partial charge < -0.3 is 9.32 Å². The largest absolute Gasteiger partial charge is 0.449 e. The van der Waals surface area contributed by atoms with Gasteiger partial charge in [0.05, 0.1) is 10.6 Å². The Balaban J connectivity index is 1.78.